The lowest BCUT2D eigenvalue weighted by Crippen LogP contribution is -2.63. The summed E-state index contributed by atoms with van der Waals surface area (Å²) in [6, 6.07) is 42.1. The molecule has 4 aliphatic rings. The number of furan rings is 1. The second-order valence-corrected chi connectivity index (χ2v) is 22.5. The van der Waals surface area contributed by atoms with Gasteiger partial charge >= 0.3 is 0 Å². The molecule has 6 aromatic carbocycles. The second kappa shape index (κ2) is 13.6. The van der Waals surface area contributed by atoms with Gasteiger partial charge < -0.3 is 14.2 Å². The Morgan fingerprint density at radius 2 is 1.24 bits per heavy atom. The Bertz CT molecular complexity index is 3080. The summed E-state index contributed by atoms with van der Waals surface area (Å²) in [5.74, 6) is 0.133. The molecular formula is C59H61BN2O. The summed E-state index contributed by atoms with van der Waals surface area (Å²) in [4.78, 5) is 5.37. The zero-order chi connectivity index (χ0) is 44.0. The maximum atomic E-state index is 7.16. The molecule has 0 amide bonds. The Balaban J connectivity index is 1.29. The molecule has 2 aliphatic carbocycles. The van der Waals surface area contributed by atoms with Gasteiger partial charge in [-0.1, -0.05) is 160 Å². The van der Waals surface area contributed by atoms with Gasteiger partial charge in [-0.25, -0.2) is 0 Å². The van der Waals surface area contributed by atoms with Gasteiger partial charge in [0.2, 0.25) is 0 Å². The van der Waals surface area contributed by atoms with Crippen LogP contribution in [0, 0.1) is 6.92 Å². The first-order valence-corrected chi connectivity index (χ1v) is 23.3. The molecular weight excluding hydrogens is 763 g/mol. The van der Waals surface area contributed by atoms with Crippen LogP contribution in [-0.2, 0) is 21.7 Å². The van der Waals surface area contributed by atoms with E-state index < -0.39 is 0 Å². The van der Waals surface area contributed by atoms with Crippen molar-refractivity contribution in [3.63, 3.8) is 0 Å². The molecule has 3 heterocycles. The molecule has 0 bridgehead atoms. The number of anilines is 5. The van der Waals surface area contributed by atoms with E-state index in [4.69, 9.17) is 4.42 Å². The smallest absolute Gasteiger partial charge is 0.257 e. The highest BCUT2D eigenvalue weighted by atomic mass is 16.3. The van der Waals surface area contributed by atoms with Crippen LogP contribution in [0.3, 0.4) is 0 Å². The van der Waals surface area contributed by atoms with Crippen LogP contribution in [0.25, 0.3) is 21.9 Å². The summed E-state index contributed by atoms with van der Waals surface area (Å²) in [7, 11) is 0. The van der Waals surface area contributed by atoms with Crippen LogP contribution in [0.15, 0.2) is 138 Å². The van der Waals surface area contributed by atoms with Gasteiger partial charge in [-0.15, -0.1) is 0 Å². The fourth-order valence-electron chi connectivity index (χ4n) is 11.6. The molecule has 316 valence electrons. The summed E-state index contributed by atoms with van der Waals surface area (Å²) in [5.41, 5.74) is 20.5. The molecule has 0 fully saturated rings. The minimum Gasteiger partial charge on any atom is -0.457 e. The van der Waals surface area contributed by atoms with Crippen molar-refractivity contribution in [1.29, 1.82) is 0 Å². The quantitative estimate of drug-likeness (QED) is 0.166. The number of hydrogen-bond donors (Lipinski definition) is 0. The topological polar surface area (TPSA) is 19.6 Å². The van der Waals surface area contributed by atoms with Gasteiger partial charge in [0, 0.05) is 45.1 Å². The summed E-state index contributed by atoms with van der Waals surface area (Å²) < 4.78 is 7.16. The monoisotopic (exact) mass is 824 g/mol. The molecule has 0 saturated carbocycles. The van der Waals surface area contributed by atoms with E-state index in [0.717, 1.165) is 16.6 Å². The Morgan fingerprint density at radius 1 is 0.587 bits per heavy atom. The lowest BCUT2D eigenvalue weighted by Gasteiger charge is -2.49. The molecule has 2 atom stereocenters. The molecule has 0 N–H and O–H groups in total. The summed E-state index contributed by atoms with van der Waals surface area (Å²) in [5, 5.41) is 2.33. The number of nitrogens with zero attached hydrogens (tertiary/aromatic N) is 2. The van der Waals surface area contributed by atoms with Gasteiger partial charge in [0.05, 0.1) is 6.04 Å². The number of para-hydroxylation sites is 1. The van der Waals surface area contributed by atoms with Crippen LogP contribution in [0.1, 0.15) is 121 Å². The van der Waals surface area contributed by atoms with Crippen LogP contribution in [0.5, 0.6) is 0 Å². The van der Waals surface area contributed by atoms with Crippen LogP contribution in [0.4, 0.5) is 28.4 Å². The fourth-order valence-corrected chi connectivity index (χ4v) is 11.6. The van der Waals surface area contributed by atoms with Gasteiger partial charge in [-0.3, -0.25) is 0 Å². The third kappa shape index (κ3) is 6.07. The molecule has 0 radical (unpaired) electrons. The second-order valence-electron chi connectivity index (χ2n) is 22.5. The van der Waals surface area contributed by atoms with Crippen molar-refractivity contribution in [2.24, 2.45) is 0 Å². The van der Waals surface area contributed by atoms with Gasteiger partial charge in [-0.2, -0.15) is 0 Å². The lowest BCUT2D eigenvalue weighted by atomic mass is 9.33. The van der Waals surface area contributed by atoms with Crippen molar-refractivity contribution < 1.29 is 4.42 Å². The van der Waals surface area contributed by atoms with Gasteiger partial charge in [0.25, 0.3) is 6.71 Å². The Labute approximate surface area is 375 Å². The van der Waals surface area contributed by atoms with Crippen LogP contribution < -0.4 is 26.2 Å². The first-order valence-electron chi connectivity index (χ1n) is 23.3. The van der Waals surface area contributed by atoms with Gasteiger partial charge in [-0.05, 0) is 134 Å². The van der Waals surface area contributed by atoms with E-state index in [1.54, 1.807) is 0 Å². The first kappa shape index (κ1) is 40.1. The Kier molecular flexibility index (Phi) is 8.67. The Hall–Kier alpha value is -5.74. The average Bonchev–Trinajstić information content (AvgIpc) is 3.64. The molecule has 11 rings (SSSR count). The molecule has 2 aliphatic heterocycles. The maximum absolute atomic E-state index is 7.16. The molecule has 2 unspecified atom stereocenters. The molecule has 0 saturated heterocycles. The van der Waals surface area contributed by atoms with Crippen LogP contribution in [0.2, 0.25) is 0 Å². The summed E-state index contributed by atoms with van der Waals surface area (Å²) >= 11 is 0. The maximum Gasteiger partial charge on any atom is 0.257 e. The van der Waals surface area contributed by atoms with E-state index in [1.807, 2.05) is 0 Å². The fraction of sp³-hybridized carbons (Fsp3) is 0.322. The Morgan fingerprint density at radius 3 is 1.97 bits per heavy atom. The van der Waals surface area contributed by atoms with E-state index in [-0.39, 0.29) is 40.3 Å². The third-order valence-electron chi connectivity index (χ3n) is 15.3. The number of fused-ring (bicyclic) bond motifs is 9. The van der Waals surface area contributed by atoms with Crippen molar-refractivity contribution in [2.75, 3.05) is 9.80 Å². The van der Waals surface area contributed by atoms with Crippen molar-refractivity contribution in [2.45, 2.75) is 123 Å². The standard InChI is InChI=1S/C59H61BN2O/c1-36-31-43-44(59(10,11)30-29-58(43,8)9)35-49(36)62-47-27-25-38(56(2,3)4)32-45(47)60-53-50(33-39(34-51(53)62)57(5,6)7)61(46-23-17-15-21-40(46)37-19-13-12-14-20-37)48-28-26-42-41-22-16-18-24-52(41)63-55(42)54(48)60/h12-28,31-35,40,46H,29-30H2,1-11H3. The molecule has 4 heteroatoms. The first-order chi connectivity index (χ1) is 29.9. The number of hydrogen-bond acceptors (Lipinski definition) is 3. The lowest BCUT2D eigenvalue weighted by molar-refractivity contribution is 0.332. The molecule has 63 heavy (non-hydrogen) atoms. The molecule has 7 aromatic rings. The average molecular weight is 825 g/mol. The highest BCUT2D eigenvalue weighted by molar-refractivity contribution is 7.01. The number of allylic oxidation sites excluding steroid dienone is 2. The highest BCUT2D eigenvalue weighted by Crippen LogP contribution is 2.52. The third-order valence-corrected chi connectivity index (χ3v) is 15.3. The number of benzene rings is 6. The zero-order valence-electron chi connectivity index (χ0n) is 39.2. The number of aryl methyl sites for hydroxylation is 1. The number of rotatable bonds is 3. The summed E-state index contributed by atoms with van der Waals surface area (Å²) in [6.07, 6.45) is 11.7. The van der Waals surface area contributed by atoms with Crippen molar-refractivity contribution >= 4 is 73.5 Å². The van der Waals surface area contributed by atoms with E-state index in [1.165, 1.54) is 96.4 Å². The van der Waals surface area contributed by atoms with Crippen molar-refractivity contribution in [1.82, 2.24) is 0 Å². The molecule has 0 spiro atoms. The predicted molar refractivity (Wildman–Crippen MR) is 270 cm³/mol. The van der Waals surface area contributed by atoms with Crippen molar-refractivity contribution in [3.05, 3.63) is 167 Å². The van der Waals surface area contributed by atoms with Crippen LogP contribution >= 0.6 is 0 Å². The van der Waals surface area contributed by atoms with Crippen LogP contribution in [-0.4, -0.2) is 12.8 Å². The zero-order valence-corrected chi connectivity index (χ0v) is 39.2. The molecule has 3 nitrogen and oxygen atoms in total. The van der Waals surface area contributed by atoms with Gasteiger partial charge in [0.15, 0.2) is 0 Å². The van der Waals surface area contributed by atoms with E-state index in [9.17, 15) is 0 Å². The summed E-state index contributed by atoms with van der Waals surface area (Å²) in [6.45, 7) is 26.3. The van der Waals surface area contributed by atoms with Gasteiger partial charge in [0.1, 0.15) is 11.2 Å². The van der Waals surface area contributed by atoms with Crippen molar-refractivity contribution in [3.8, 4) is 0 Å². The molecule has 1 aromatic heterocycles. The largest absolute Gasteiger partial charge is 0.457 e. The minimum absolute atomic E-state index is 0.0162. The predicted octanol–water partition coefficient (Wildman–Crippen LogP) is 13.9. The normalized spacial score (nSPS) is 19.6. The minimum atomic E-state index is -0.115. The van der Waals surface area contributed by atoms with E-state index in [2.05, 4.69) is 219 Å². The van der Waals surface area contributed by atoms with E-state index in [0.29, 0.717) is 0 Å². The SMILES string of the molecule is Cc1cc2c(cc1N1c3ccc(C(C)(C)C)cc3B3c4c1cc(C(C)(C)C)cc4N(C1C=CC=CC1c1ccccc1)c1ccc4c(oc5ccccc54)c13)C(C)(C)CCC2(C)C. The highest BCUT2D eigenvalue weighted by Gasteiger charge is 2.48. The van der Waals surface area contributed by atoms with E-state index >= 15 is 0 Å².